The first-order valence-electron chi connectivity index (χ1n) is 8.20. The van der Waals surface area contributed by atoms with Crippen molar-refractivity contribution in [2.75, 3.05) is 13.1 Å². The Morgan fingerprint density at radius 2 is 1.84 bits per heavy atom. The molecule has 0 radical (unpaired) electrons. The summed E-state index contributed by atoms with van der Waals surface area (Å²) in [6, 6.07) is 2.24. The van der Waals surface area contributed by atoms with Crippen LogP contribution in [0.1, 0.15) is 54.2 Å². The Labute approximate surface area is 143 Å². The van der Waals surface area contributed by atoms with Crippen LogP contribution >= 0.6 is 0 Å². The van der Waals surface area contributed by atoms with Gasteiger partial charge in [-0.3, -0.25) is 4.79 Å². The SMILES string of the molecule is CC(C)c1c(C(=O)N2CCCC2)cnn1-c1ccc(C(F)(F)F)cn1. The van der Waals surface area contributed by atoms with Gasteiger partial charge in [-0.1, -0.05) is 13.8 Å². The highest BCUT2D eigenvalue weighted by Gasteiger charge is 2.31. The van der Waals surface area contributed by atoms with Crippen molar-refractivity contribution in [2.24, 2.45) is 0 Å². The maximum Gasteiger partial charge on any atom is 0.417 e. The number of amides is 1. The zero-order valence-electron chi connectivity index (χ0n) is 14.0. The Hall–Kier alpha value is -2.38. The highest BCUT2D eigenvalue weighted by atomic mass is 19.4. The Morgan fingerprint density at radius 3 is 2.36 bits per heavy atom. The number of rotatable bonds is 3. The van der Waals surface area contributed by atoms with E-state index in [-0.39, 0.29) is 17.6 Å². The lowest BCUT2D eigenvalue weighted by atomic mass is 10.0. The van der Waals surface area contributed by atoms with E-state index in [9.17, 15) is 18.0 Å². The Bertz CT molecular complexity index is 759. The van der Waals surface area contributed by atoms with Crippen molar-refractivity contribution in [3.05, 3.63) is 41.3 Å². The van der Waals surface area contributed by atoms with Crippen molar-refractivity contribution in [3.8, 4) is 5.82 Å². The molecule has 8 heteroatoms. The molecule has 3 rings (SSSR count). The predicted molar refractivity (Wildman–Crippen MR) is 85.6 cm³/mol. The molecule has 1 aliphatic heterocycles. The third-order valence-electron chi connectivity index (χ3n) is 4.27. The summed E-state index contributed by atoms with van der Waals surface area (Å²) in [5.74, 6) is 0.143. The second kappa shape index (κ2) is 6.50. The zero-order chi connectivity index (χ0) is 18.2. The van der Waals surface area contributed by atoms with Gasteiger partial charge < -0.3 is 4.90 Å². The van der Waals surface area contributed by atoms with Gasteiger partial charge in [0.1, 0.15) is 0 Å². The van der Waals surface area contributed by atoms with Gasteiger partial charge in [0.25, 0.3) is 5.91 Å². The van der Waals surface area contributed by atoms with Gasteiger partial charge in [0, 0.05) is 19.3 Å². The van der Waals surface area contributed by atoms with Gasteiger partial charge in [-0.25, -0.2) is 9.67 Å². The van der Waals surface area contributed by atoms with E-state index < -0.39 is 11.7 Å². The van der Waals surface area contributed by atoms with Crippen molar-refractivity contribution in [3.63, 3.8) is 0 Å². The molecule has 0 aromatic carbocycles. The minimum atomic E-state index is -4.44. The highest BCUT2D eigenvalue weighted by Crippen LogP contribution is 2.30. The van der Waals surface area contributed by atoms with Crippen LogP contribution in [0.5, 0.6) is 0 Å². The first kappa shape index (κ1) is 17.4. The maximum absolute atomic E-state index is 12.7. The van der Waals surface area contributed by atoms with E-state index in [1.54, 1.807) is 4.90 Å². The van der Waals surface area contributed by atoms with Crippen LogP contribution in [0.4, 0.5) is 13.2 Å². The average molecular weight is 352 g/mol. The van der Waals surface area contributed by atoms with Gasteiger partial charge in [0.05, 0.1) is 23.0 Å². The topological polar surface area (TPSA) is 51.0 Å². The van der Waals surface area contributed by atoms with E-state index in [2.05, 4.69) is 10.1 Å². The summed E-state index contributed by atoms with van der Waals surface area (Å²) >= 11 is 0. The van der Waals surface area contributed by atoms with Gasteiger partial charge in [-0.15, -0.1) is 0 Å². The molecule has 1 amide bonds. The number of halogens is 3. The van der Waals surface area contributed by atoms with Crippen molar-refractivity contribution in [1.29, 1.82) is 0 Å². The van der Waals surface area contributed by atoms with Gasteiger partial charge in [-0.2, -0.15) is 18.3 Å². The van der Waals surface area contributed by atoms with Gasteiger partial charge in [0.15, 0.2) is 5.82 Å². The van der Waals surface area contributed by atoms with Crippen LogP contribution in [0.25, 0.3) is 5.82 Å². The van der Waals surface area contributed by atoms with Crippen LogP contribution in [0.15, 0.2) is 24.5 Å². The highest BCUT2D eigenvalue weighted by molar-refractivity contribution is 5.95. The van der Waals surface area contributed by atoms with Crippen LogP contribution in [0.3, 0.4) is 0 Å². The molecule has 1 aliphatic rings. The number of likely N-dealkylation sites (tertiary alicyclic amines) is 1. The number of carbonyl (C=O) groups excluding carboxylic acids is 1. The molecule has 3 heterocycles. The molecule has 0 atom stereocenters. The first-order valence-corrected chi connectivity index (χ1v) is 8.20. The van der Waals surface area contributed by atoms with E-state index in [1.807, 2.05) is 13.8 Å². The van der Waals surface area contributed by atoms with E-state index in [1.165, 1.54) is 16.9 Å². The molecular weight excluding hydrogens is 333 g/mol. The fourth-order valence-corrected chi connectivity index (χ4v) is 3.03. The van der Waals surface area contributed by atoms with Crippen molar-refractivity contribution in [1.82, 2.24) is 19.7 Å². The number of alkyl halides is 3. The number of pyridine rings is 1. The monoisotopic (exact) mass is 352 g/mol. The molecule has 2 aromatic rings. The molecule has 0 bridgehead atoms. The largest absolute Gasteiger partial charge is 0.417 e. The summed E-state index contributed by atoms with van der Waals surface area (Å²) in [7, 11) is 0. The van der Waals surface area contributed by atoms with Crippen molar-refractivity contribution < 1.29 is 18.0 Å². The predicted octanol–water partition coefficient (Wildman–Crippen LogP) is 3.65. The minimum Gasteiger partial charge on any atom is -0.339 e. The van der Waals surface area contributed by atoms with Gasteiger partial charge >= 0.3 is 6.18 Å². The number of hydrogen-bond acceptors (Lipinski definition) is 3. The van der Waals surface area contributed by atoms with E-state index in [4.69, 9.17) is 0 Å². The Balaban J connectivity index is 1.98. The van der Waals surface area contributed by atoms with Crippen molar-refractivity contribution in [2.45, 2.75) is 38.8 Å². The molecule has 5 nitrogen and oxygen atoms in total. The third kappa shape index (κ3) is 3.38. The summed E-state index contributed by atoms with van der Waals surface area (Å²) in [5.41, 5.74) is 0.325. The summed E-state index contributed by atoms with van der Waals surface area (Å²) in [5, 5.41) is 4.22. The number of nitrogens with zero attached hydrogens (tertiary/aromatic N) is 4. The van der Waals surface area contributed by atoms with Crippen LogP contribution in [-0.4, -0.2) is 38.7 Å². The normalized spacial score (nSPS) is 15.2. The van der Waals surface area contributed by atoms with E-state index in [0.29, 0.717) is 11.3 Å². The minimum absolute atomic E-state index is 0.0341. The molecule has 25 heavy (non-hydrogen) atoms. The van der Waals surface area contributed by atoms with Crippen LogP contribution < -0.4 is 0 Å². The average Bonchev–Trinajstić information content (AvgIpc) is 3.23. The first-order chi connectivity index (χ1) is 11.8. The van der Waals surface area contributed by atoms with Crippen LogP contribution in [-0.2, 0) is 6.18 Å². The number of carbonyl (C=O) groups is 1. The summed E-state index contributed by atoms with van der Waals surface area (Å²) in [6.07, 6.45) is -0.208. The molecular formula is C17H19F3N4O. The molecule has 0 unspecified atom stereocenters. The molecule has 134 valence electrons. The molecule has 0 saturated carbocycles. The number of hydrogen-bond donors (Lipinski definition) is 0. The molecule has 2 aromatic heterocycles. The quantitative estimate of drug-likeness (QED) is 0.847. The molecule has 0 N–H and O–H groups in total. The molecule has 1 saturated heterocycles. The third-order valence-corrected chi connectivity index (χ3v) is 4.27. The lowest BCUT2D eigenvalue weighted by Gasteiger charge is -2.17. The summed E-state index contributed by atoms with van der Waals surface area (Å²) < 4.78 is 39.6. The van der Waals surface area contributed by atoms with Gasteiger partial charge in [0.2, 0.25) is 0 Å². The standard InChI is InChI=1S/C17H19F3N4O/c1-11(2)15-13(16(25)23-7-3-4-8-23)10-22-24(15)14-6-5-12(9-21-14)17(18,19)20/h5-6,9-11H,3-4,7-8H2,1-2H3. The van der Waals surface area contributed by atoms with E-state index in [0.717, 1.165) is 38.2 Å². The number of aromatic nitrogens is 3. The molecule has 0 spiro atoms. The summed E-state index contributed by atoms with van der Waals surface area (Å²) in [6.45, 7) is 5.27. The molecule has 1 fully saturated rings. The fourth-order valence-electron chi connectivity index (χ4n) is 3.03. The fraction of sp³-hybridized carbons (Fsp3) is 0.471. The Kier molecular flexibility index (Phi) is 4.53. The van der Waals surface area contributed by atoms with Gasteiger partial charge in [-0.05, 0) is 30.9 Å². The lowest BCUT2D eigenvalue weighted by Crippen LogP contribution is -2.28. The summed E-state index contributed by atoms with van der Waals surface area (Å²) in [4.78, 5) is 18.4. The maximum atomic E-state index is 12.7. The second-order valence-electron chi connectivity index (χ2n) is 6.41. The lowest BCUT2D eigenvalue weighted by molar-refractivity contribution is -0.137. The van der Waals surface area contributed by atoms with Crippen molar-refractivity contribution >= 4 is 5.91 Å². The van der Waals surface area contributed by atoms with Crippen LogP contribution in [0, 0.1) is 0 Å². The molecule has 0 aliphatic carbocycles. The second-order valence-corrected chi connectivity index (χ2v) is 6.41. The van der Waals surface area contributed by atoms with E-state index >= 15 is 0 Å². The van der Waals surface area contributed by atoms with Crippen LogP contribution in [0.2, 0.25) is 0 Å². The Morgan fingerprint density at radius 1 is 1.16 bits per heavy atom. The smallest absolute Gasteiger partial charge is 0.339 e. The zero-order valence-corrected chi connectivity index (χ0v) is 14.0.